The van der Waals surface area contributed by atoms with Crippen molar-refractivity contribution in [3.63, 3.8) is 0 Å². The van der Waals surface area contributed by atoms with Gasteiger partial charge in [0, 0.05) is 12.2 Å². The predicted octanol–water partition coefficient (Wildman–Crippen LogP) is -0.255. The minimum atomic E-state index is -0.213. The maximum Gasteiger partial charge on any atom is 0.262 e. The summed E-state index contributed by atoms with van der Waals surface area (Å²) in [6, 6.07) is 13.3. The van der Waals surface area contributed by atoms with Gasteiger partial charge in [-0.3, -0.25) is 4.79 Å². The molecule has 0 spiro atoms. The molecule has 130 valence electrons. The number of methoxy groups -OCH3 is 1. The number of anilines is 1. The molecule has 0 aliphatic rings. The van der Waals surface area contributed by atoms with E-state index in [1.807, 2.05) is 56.4 Å². The van der Waals surface area contributed by atoms with Crippen LogP contribution in [-0.4, -0.2) is 26.7 Å². The van der Waals surface area contributed by atoms with E-state index >= 15 is 0 Å². The molecule has 0 saturated carbocycles. The van der Waals surface area contributed by atoms with Gasteiger partial charge in [0.2, 0.25) is 0 Å². The van der Waals surface area contributed by atoms with E-state index in [2.05, 4.69) is 10.6 Å². The molecule has 24 heavy (non-hydrogen) atoms. The third-order valence-electron chi connectivity index (χ3n) is 3.30. The molecule has 2 rings (SSSR count). The Labute approximate surface area is 148 Å². The molecular weight excluding hydrogens is 328 g/mol. The molecule has 2 N–H and O–H groups in total. The van der Waals surface area contributed by atoms with Crippen LogP contribution in [0.15, 0.2) is 42.5 Å². The minimum absolute atomic E-state index is 0. The van der Waals surface area contributed by atoms with Gasteiger partial charge in [0.05, 0.1) is 7.11 Å². The van der Waals surface area contributed by atoms with Crippen LogP contribution < -0.4 is 32.5 Å². The molecule has 0 bridgehead atoms. The first-order chi connectivity index (χ1) is 11.1. The lowest BCUT2D eigenvalue weighted by Gasteiger charge is -2.12. The quantitative estimate of drug-likeness (QED) is 0.723. The second-order valence-electron chi connectivity index (χ2n) is 5.22. The zero-order valence-corrected chi connectivity index (χ0v) is 14.8. The van der Waals surface area contributed by atoms with Gasteiger partial charge in [-0.05, 0) is 43.8 Å². The maximum atomic E-state index is 12.0. The molecule has 0 atom stereocenters. The van der Waals surface area contributed by atoms with Crippen LogP contribution in [0.1, 0.15) is 11.1 Å². The van der Waals surface area contributed by atoms with Crippen molar-refractivity contribution in [3.05, 3.63) is 53.6 Å². The highest BCUT2D eigenvalue weighted by molar-refractivity contribution is 5.91. The smallest absolute Gasteiger partial charge is 0.262 e. The molecular formula is C18H22ClN2O3-. The summed E-state index contributed by atoms with van der Waals surface area (Å²) in [5.74, 6) is 0.947. The monoisotopic (exact) mass is 349 g/mol. The van der Waals surface area contributed by atoms with E-state index in [1.54, 1.807) is 7.11 Å². The van der Waals surface area contributed by atoms with Gasteiger partial charge >= 0.3 is 0 Å². The number of hydrogen-bond donors (Lipinski definition) is 2. The number of ether oxygens (including phenoxy) is 2. The lowest BCUT2D eigenvalue weighted by atomic mass is 10.2. The molecule has 0 fully saturated rings. The fourth-order valence-electron chi connectivity index (χ4n) is 2.12. The van der Waals surface area contributed by atoms with Gasteiger partial charge in [0.25, 0.3) is 5.91 Å². The van der Waals surface area contributed by atoms with Gasteiger partial charge in [-0.1, -0.05) is 23.8 Å². The number of nitrogens with one attached hydrogen (secondary N) is 2. The normalized spacial score (nSPS) is 9.79. The summed E-state index contributed by atoms with van der Waals surface area (Å²) in [6.45, 7) is 2.67. The molecule has 0 saturated heterocycles. The van der Waals surface area contributed by atoms with Gasteiger partial charge in [0.1, 0.15) is 0 Å². The van der Waals surface area contributed by atoms with Crippen LogP contribution in [0.5, 0.6) is 11.5 Å². The zero-order chi connectivity index (χ0) is 16.7. The van der Waals surface area contributed by atoms with Crippen molar-refractivity contribution < 1.29 is 26.7 Å². The average Bonchev–Trinajstić information content (AvgIpc) is 2.56. The van der Waals surface area contributed by atoms with E-state index in [4.69, 9.17) is 9.47 Å². The summed E-state index contributed by atoms with van der Waals surface area (Å²) < 4.78 is 10.9. The Balaban J connectivity index is 0.00000288. The third-order valence-corrected chi connectivity index (χ3v) is 3.30. The van der Waals surface area contributed by atoms with Gasteiger partial charge in [0.15, 0.2) is 18.1 Å². The molecule has 0 heterocycles. The number of hydrogen-bond acceptors (Lipinski definition) is 4. The Morgan fingerprint density at radius 1 is 1.08 bits per heavy atom. The summed E-state index contributed by atoms with van der Waals surface area (Å²) in [7, 11) is 3.46. The Hall–Kier alpha value is -2.24. The van der Waals surface area contributed by atoms with Gasteiger partial charge < -0.3 is 32.5 Å². The highest BCUT2D eigenvalue weighted by Crippen LogP contribution is 2.28. The van der Waals surface area contributed by atoms with E-state index in [-0.39, 0.29) is 24.9 Å². The van der Waals surface area contributed by atoms with Crippen molar-refractivity contribution in [1.29, 1.82) is 0 Å². The van der Waals surface area contributed by atoms with E-state index in [1.165, 1.54) is 0 Å². The van der Waals surface area contributed by atoms with Crippen molar-refractivity contribution in [2.75, 3.05) is 26.1 Å². The predicted molar refractivity (Wildman–Crippen MR) is 91.1 cm³/mol. The maximum absolute atomic E-state index is 12.0. The molecule has 0 radical (unpaired) electrons. The molecule has 1 amide bonds. The number of carbonyl (C=O) groups excluding carboxylic acids is 1. The number of benzene rings is 2. The van der Waals surface area contributed by atoms with Crippen molar-refractivity contribution >= 4 is 11.6 Å². The number of rotatable bonds is 7. The lowest BCUT2D eigenvalue weighted by Crippen LogP contribution is -3.00. The Morgan fingerprint density at radius 2 is 1.79 bits per heavy atom. The Bertz CT molecular complexity index is 660. The zero-order valence-electron chi connectivity index (χ0n) is 14.1. The van der Waals surface area contributed by atoms with Crippen LogP contribution in [-0.2, 0) is 11.3 Å². The van der Waals surface area contributed by atoms with Crippen molar-refractivity contribution in [3.8, 4) is 11.5 Å². The van der Waals surface area contributed by atoms with Crippen molar-refractivity contribution in [2.45, 2.75) is 13.5 Å². The summed E-state index contributed by atoms with van der Waals surface area (Å²) in [6.07, 6.45) is 0. The topological polar surface area (TPSA) is 59.6 Å². The first-order valence-corrected chi connectivity index (χ1v) is 7.43. The molecule has 5 nitrogen and oxygen atoms in total. The second kappa shape index (κ2) is 9.80. The van der Waals surface area contributed by atoms with Gasteiger partial charge in [-0.25, -0.2) is 0 Å². The number of carbonyl (C=O) groups is 1. The van der Waals surface area contributed by atoms with E-state index in [0.717, 1.165) is 23.4 Å². The summed E-state index contributed by atoms with van der Waals surface area (Å²) in [4.78, 5) is 12.0. The Kier molecular flexibility index (Phi) is 8.09. The molecule has 0 aliphatic carbocycles. The van der Waals surface area contributed by atoms with Crippen LogP contribution in [0.2, 0.25) is 0 Å². The summed E-state index contributed by atoms with van der Waals surface area (Å²) in [5, 5.41) is 5.87. The minimum Gasteiger partial charge on any atom is -1.00 e. The molecule has 0 aliphatic heterocycles. The van der Waals surface area contributed by atoms with E-state index in [9.17, 15) is 4.79 Å². The van der Waals surface area contributed by atoms with Gasteiger partial charge in [-0.15, -0.1) is 0 Å². The highest BCUT2D eigenvalue weighted by Gasteiger charge is 2.09. The first kappa shape index (κ1) is 19.8. The molecule has 2 aromatic carbocycles. The average molecular weight is 350 g/mol. The van der Waals surface area contributed by atoms with Crippen molar-refractivity contribution in [2.24, 2.45) is 0 Å². The fraction of sp³-hybridized carbons (Fsp3) is 0.278. The molecule has 0 aromatic heterocycles. The van der Waals surface area contributed by atoms with Crippen LogP contribution in [0.4, 0.5) is 5.69 Å². The fourth-order valence-corrected chi connectivity index (χ4v) is 2.12. The van der Waals surface area contributed by atoms with E-state index in [0.29, 0.717) is 11.5 Å². The SMILES string of the molecule is CNCc1ccc(OCC(=O)Nc2ccc(C)cc2)c(OC)c1.[Cl-]. The van der Waals surface area contributed by atoms with Crippen LogP contribution in [0.25, 0.3) is 0 Å². The number of aryl methyl sites for hydroxylation is 1. The second-order valence-corrected chi connectivity index (χ2v) is 5.22. The Morgan fingerprint density at radius 3 is 2.42 bits per heavy atom. The lowest BCUT2D eigenvalue weighted by molar-refractivity contribution is -0.118. The van der Waals surface area contributed by atoms with E-state index < -0.39 is 0 Å². The highest BCUT2D eigenvalue weighted by atomic mass is 35.5. The molecule has 0 unspecified atom stereocenters. The molecule has 2 aromatic rings. The number of amides is 1. The molecule has 6 heteroatoms. The van der Waals surface area contributed by atoms with Crippen LogP contribution in [0, 0.1) is 6.92 Å². The first-order valence-electron chi connectivity index (χ1n) is 7.43. The number of halogens is 1. The largest absolute Gasteiger partial charge is 1.00 e. The van der Waals surface area contributed by atoms with Gasteiger partial charge in [-0.2, -0.15) is 0 Å². The van der Waals surface area contributed by atoms with Crippen LogP contribution in [0.3, 0.4) is 0 Å². The van der Waals surface area contributed by atoms with Crippen molar-refractivity contribution in [1.82, 2.24) is 5.32 Å². The standard InChI is InChI=1S/C18H22N2O3.ClH/c1-13-4-7-15(8-5-13)20-18(21)12-23-16-9-6-14(11-19-2)10-17(16)22-3;/h4-10,19H,11-12H2,1-3H3,(H,20,21);1H/p-1. The third kappa shape index (κ3) is 5.76. The summed E-state index contributed by atoms with van der Waals surface area (Å²) >= 11 is 0. The summed E-state index contributed by atoms with van der Waals surface area (Å²) in [5.41, 5.74) is 2.98. The van der Waals surface area contributed by atoms with Crippen LogP contribution >= 0.6 is 0 Å².